The summed E-state index contributed by atoms with van der Waals surface area (Å²) in [6, 6.07) is 8.22. The number of aryl methyl sites for hydroxylation is 1. The number of nitrogen functional groups attached to an aromatic ring is 1. The van der Waals surface area contributed by atoms with Gasteiger partial charge in [-0.3, -0.25) is 0 Å². The quantitative estimate of drug-likeness (QED) is 0.625. The lowest BCUT2D eigenvalue weighted by atomic mass is 9.93. The van der Waals surface area contributed by atoms with Crippen LogP contribution in [0.3, 0.4) is 0 Å². The Morgan fingerprint density at radius 3 is 2.57 bits per heavy atom. The molecule has 4 rings (SSSR count). The highest BCUT2D eigenvalue weighted by Crippen LogP contribution is 2.40. The molecule has 3 aromatic rings. The van der Waals surface area contributed by atoms with Crippen molar-refractivity contribution in [1.29, 1.82) is 5.26 Å². The lowest BCUT2D eigenvalue weighted by Crippen LogP contribution is -2.20. The van der Waals surface area contributed by atoms with E-state index in [-0.39, 0.29) is 23.4 Å². The topological polar surface area (TPSA) is 75.0 Å². The number of aromatic nitrogens is 1. The van der Waals surface area contributed by atoms with E-state index in [1.54, 1.807) is 12.3 Å². The molecule has 0 radical (unpaired) electrons. The van der Waals surface area contributed by atoms with E-state index in [4.69, 9.17) is 5.73 Å². The van der Waals surface area contributed by atoms with Gasteiger partial charge >= 0.3 is 0 Å². The minimum absolute atomic E-state index is 0.120. The zero-order valence-electron chi connectivity index (χ0n) is 15.5. The first-order chi connectivity index (χ1) is 13.4. The van der Waals surface area contributed by atoms with E-state index < -0.39 is 11.6 Å². The van der Waals surface area contributed by atoms with Gasteiger partial charge in [0, 0.05) is 28.7 Å². The molecule has 0 saturated heterocycles. The summed E-state index contributed by atoms with van der Waals surface area (Å²) in [6.07, 6.45) is 4.41. The van der Waals surface area contributed by atoms with Gasteiger partial charge < -0.3 is 15.4 Å². The Bertz CT molecular complexity index is 1110. The summed E-state index contributed by atoms with van der Waals surface area (Å²) in [5.74, 6) is -1.49. The van der Waals surface area contributed by atoms with Crippen LogP contribution in [-0.4, -0.2) is 15.8 Å². The highest BCUT2D eigenvalue weighted by atomic mass is 19.1. The van der Waals surface area contributed by atoms with Crippen LogP contribution < -0.4 is 5.73 Å². The maximum Gasteiger partial charge on any atom is 0.156 e. The molecule has 1 fully saturated rings. The normalized spacial score (nSPS) is 19.7. The number of anilines is 1. The van der Waals surface area contributed by atoms with Gasteiger partial charge in [0.25, 0.3) is 0 Å². The maximum absolute atomic E-state index is 14.8. The Morgan fingerprint density at radius 2 is 1.89 bits per heavy atom. The summed E-state index contributed by atoms with van der Waals surface area (Å²) in [6.45, 7) is 1.85. The largest absolute Gasteiger partial charge is 0.396 e. The zero-order valence-corrected chi connectivity index (χ0v) is 15.5. The number of nitrogens with two attached hydrogens (primary N) is 1. The van der Waals surface area contributed by atoms with Crippen molar-refractivity contribution in [3.8, 4) is 17.2 Å². The molecule has 0 atom stereocenters. The smallest absolute Gasteiger partial charge is 0.156 e. The molecule has 144 valence electrons. The lowest BCUT2D eigenvalue weighted by Gasteiger charge is -2.27. The van der Waals surface area contributed by atoms with E-state index in [0.717, 1.165) is 30.0 Å². The number of halogens is 2. The zero-order chi connectivity index (χ0) is 20.0. The molecule has 0 bridgehead atoms. The lowest BCUT2D eigenvalue weighted by molar-refractivity contribution is 0.111. The predicted molar refractivity (Wildman–Crippen MR) is 105 cm³/mol. The van der Waals surface area contributed by atoms with Crippen LogP contribution in [0.25, 0.3) is 22.0 Å². The standard InChI is InChI=1S/C22H21F2N3O/c1-12-8-20-16(9-13(12)10-25)17(21-18(23)6-7-19(26)22(21)24)11-27(20)14-2-4-15(28)5-3-14/h6-9,11,14-15,28H,2-5,26H2,1H3/t14-,15-. The second-order valence-corrected chi connectivity index (χ2v) is 7.53. The van der Waals surface area contributed by atoms with Crippen molar-refractivity contribution in [1.82, 2.24) is 4.57 Å². The van der Waals surface area contributed by atoms with E-state index in [9.17, 15) is 19.1 Å². The molecule has 1 heterocycles. The second kappa shape index (κ2) is 6.92. The number of aliphatic hydroxyl groups excluding tert-OH is 1. The van der Waals surface area contributed by atoms with Gasteiger partial charge in [0.1, 0.15) is 5.82 Å². The number of nitriles is 1. The molecule has 2 aromatic carbocycles. The number of nitrogens with zero attached hydrogens (tertiary/aromatic N) is 2. The van der Waals surface area contributed by atoms with Gasteiger partial charge in [0.2, 0.25) is 0 Å². The second-order valence-electron chi connectivity index (χ2n) is 7.53. The number of rotatable bonds is 2. The Hall–Kier alpha value is -2.91. The van der Waals surface area contributed by atoms with Crippen molar-refractivity contribution in [2.45, 2.75) is 44.8 Å². The number of benzene rings is 2. The van der Waals surface area contributed by atoms with Crippen molar-refractivity contribution in [2.75, 3.05) is 5.73 Å². The minimum atomic E-state index is -0.794. The number of hydrogen-bond donors (Lipinski definition) is 2. The summed E-state index contributed by atoms with van der Waals surface area (Å²) in [4.78, 5) is 0. The molecule has 1 aliphatic rings. The fraction of sp³-hybridized carbons (Fsp3) is 0.318. The van der Waals surface area contributed by atoms with E-state index in [1.165, 1.54) is 6.07 Å². The monoisotopic (exact) mass is 381 g/mol. The van der Waals surface area contributed by atoms with Crippen molar-refractivity contribution in [3.63, 3.8) is 0 Å². The van der Waals surface area contributed by atoms with Crippen LogP contribution in [-0.2, 0) is 0 Å². The Morgan fingerprint density at radius 1 is 1.18 bits per heavy atom. The fourth-order valence-electron chi connectivity index (χ4n) is 4.17. The summed E-state index contributed by atoms with van der Waals surface area (Å²) < 4.78 is 31.4. The van der Waals surface area contributed by atoms with Gasteiger partial charge in [0.05, 0.1) is 29.0 Å². The number of hydrogen-bond acceptors (Lipinski definition) is 3. The third-order valence-corrected chi connectivity index (χ3v) is 5.75. The van der Waals surface area contributed by atoms with Crippen molar-refractivity contribution >= 4 is 16.6 Å². The van der Waals surface area contributed by atoms with Crippen LogP contribution in [0, 0.1) is 29.9 Å². The molecule has 0 amide bonds. The van der Waals surface area contributed by atoms with E-state index >= 15 is 0 Å². The summed E-state index contributed by atoms with van der Waals surface area (Å²) in [5.41, 5.74) is 7.89. The molecule has 1 aliphatic carbocycles. The van der Waals surface area contributed by atoms with Crippen molar-refractivity contribution in [2.24, 2.45) is 0 Å². The molecule has 0 aliphatic heterocycles. The van der Waals surface area contributed by atoms with Gasteiger partial charge in [-0.05, 0) is 62.4 Å². The summed E-state index contributed by atoms with van der Waals surface area (Å²) in [7, 11) is 0. The number of fused-ring (bicyclic) bond motifs is 1. The highest BCUT2D eigenvalue weighted by Gasteiger charge is 2.26. The summed E-state index contributed by atoms with van der Waals surface area (Å²) >= 11 is 0. The first kappa shape index (κ1) is 18.5. The van der Waals surface area contributed by atoms with Crippen LogP contribution in [0.1, 0.15) is 42.9 Å². The Labute approximate surface area is 161 Å². The van der Waals surface area contributed by atoms with Gasteiger partial charge in [-0.25, -0.2) is 8.78 Å². The molecule has 6 heteroatoms. The van der Waals surface area contributed by atoms with Gasteiger partial charge in [-0.1, -0.05) is 0 Å². The van der Waals surface area contributed by atoms with Crippen LogP contribution in [0.5, 0.6) is 0 Å². The van der Waals surface area contributed by atoms with E-state index in [2.05, 4.69) is 6.07 Å². The summed E-state index contributed by atoms with van der Waals surface area (Å²) in [5, 5.41) is 19.9. The van der Waals surface area contributed by atoms with Crippen LogP contribution in [0.4, 0.5) is 14.5 Å². The molecule has 1 aromatic heterocycles. The Kier molecular flexibility index (Phi) is 4.56. The van der Waals surface area contributed by atoms with E-state index in [1.807, 2.05) is 17.6 Å². The fourth-order valence-corrected chi connectivity index (χ4v) is 4.17. The van der Waals surface area contributed by atoms with Crippen LogP contribution >= 0.6 is 0 Å². The Balaban J connectivity index is 1.99. The molecular weight excluding hydrogens is 360 g/mol. The van der Waals surface area contributed by atoms with Crippen LogP contribution in [0.15, 0.2) is 30.5 Å². The average Bonchev–Trinajstić information content (AvgIpc) is 3.03. The molecule has 0 spiro atoms. The third kappa shape index (κ3) is 2.92. The SMILES string of the molecule is Cc1cc2c(cc1C#N)c(-c1c(F)ccc(N)c1F)cn2[C@H]1CC[C@H](O)CC1. The molecule has 0 unspecified atom stereocenters. The highest BCUT2D eigenvalue weighted by molar-refractivity contribution is 5.98. The number of aliphatic hydroxyl groups is 1. The average molecular weight is 381 g/mol. The molecular formula is C22H21F2N3O. The van der Waals surface area contributed by atoms with Crippen LogP contribution in [0.2, 0.25) is 0 Å². The first-order valence-electron chi connectivity index (χ1n) is 9.38. The maximum atomic E-state index is 14.8. The van der Waals surface area contributed by atoms with Gasteiger partial charge in [-0.15, -0.1) is 0 Å². The molecule has 3 N–H and O–H groups in total. The third-order valence-electron chi connectivity index (χ3n) is 5.75. The van der Waals surface area contributed by atoms with Gasteiger partial charge in [0.15, 0.2) is 5.82 Å². The van der Waals surface area contributed by atoms with Crippen molar-refractivity contribution in [3.05, 3.63) is 53.2 Å². The minimum Gasteiger partial charge on any atom is -0.396 e. The predicted octanol–water partition coefficient (Wildman–Crippen LogP) is 4.82. The van der Waals surface area contributed by atoms with Crippen molar-refractivity contribution < 1.29 is 13.9 Å². The van der Waals surface area contributed by atoms with E-state index in [0.29, 0.717) is 29.4 Å². The molecule has 4 nitrogen and oxygen atoms in total. The molecule has 28 heavy (non-hydrogen) atoms. The first-order valence-corrected chi connectivity index (χ1v) is 9.38. The molecule has 1 saturated carbocycles. The van der Waals surface area contributed by atoms with Gasteiger partial charge in [-0.2, -0.15) is 5.26 Å².